The standard InChI is InChI=1S/C19H31N3O/c1-13-9-14(2)11-16(10-13)22-18(20)21-12-15-7-6-8-23-17(15)19(3,4)5/h9-11,15,17H,6-8,12H2,1-5H3,(H3,20,21,22). The Bertz CT molecular complexity index is 540. The van der Waals surface area contributed by atoms with Crippen molar-refractivity contribution in [3.8, 4) is 0 Å². The van der Waals surface area contributed by atoms with Gasteiger partial charge in [0.1, 0.15) is 0 Å². The zero-order chi connectivity index (χ0) is 17.0. The molecule has 4 nitrogen and oxygen atoms in total. The number of anilines is 1. The van der Waals surface area contributed by atoms with E-state index < -0.39 is 0 Å². The quantitative estimate of drug-likeness (QED) is 0.657. The molecular formula is C19H31N3O. The maximum Gasteiger partial charge on any atom is 0.193 e. The van der Waals surface area contributed by atoms with Gasteiger partial charge in [-0.15, -0.1) is 0 Å². The minimum absolute atomic E-state index is 0.135. The Balaban J connectivity index is 2.00. The number of ether oxygens (including phenoxy) is 1. The van der Waals surface area contributed by atoms with Crippen LogP contribution in [-0.2, 0) is 4.74 Å². The molecule has 23 heavy (non-hydrogen) atoms. The predicted octanol–water partition coefficient (Wildman–Crippen LogP) is 3.87. The molecule has 1 heterocycles. The predicted molar refractivity (Wildman–Crippen MR) is 97.9 cm³/mol. The first kappa shape index (κ1) is 17.8. The molecule has 1 aliphatic rings. The highest BCUT2D eigenvalue weighted by molar-refractivity contribution is 5.92. The van der Waals surface area contributed by atoms with Crippen molar-refractivity contribution in [2.75, 3.05) is 18.5 Å². The van der Waals surface area contributed by atoms with Crippen LogP contribution in [0.4, 0.5) is 5.69 Å². The first-order valence-electron chi connectivity index (χ1n) is 8.52. The van der Waals surface area contributed by atoms with Crippen molar-refractivity contribution < 1.29 is 4.74 Å². The first-order chi connectivity index (χ1) is 10.8. The molecule has 0 aliphatic carbocycles. The number of hydrogen-bond acceptors (Lipinski definition) is 2. The summed E-state index contributed by atoms with van der Waals surface area (Å²) in [5.74, 6) is 0.913. The number of aryl methyl sites for hydroxylation is 2. The van der Waals surface area contributed by atoms with Crippen LogP contribution in [0.2, 0.25) is 0 Å². The van der Waals surface area contributed by atoms with E-state index in [9.17, 15) is 0 Å². The van der Waals surface area contributed by atoms with Crippen LogP contribution in [0, 0.1) is 25.2 Å². The third-order valence-corrected chi connectivity index (χ3v) is 4.29. The van der Waals surface area contributed by atoms with E-state index in [1.165, 1.54) is 11.1 Å². The van der Waals surface area contributed by atoms with E-state index in [0.29, 0.717) is 18.4 Å². The molecule has 0 radical (unpaired) electrons. The Labute approximate surface area is 140 Å². The van der Waals surface area contributed by atoms with E-state index in [4.69, 9.17) is 10.5 Å². The number of benzene rings is 1. The lowest BCUT2D eigenvalue weighted by Crippen LogP contribution is -2.41. The summed E-state index contributed by atoms with van der Waals surface area (Å²) < 4.78 is 6.01. The molecule has 2 unspecified atom stereocenters. The molecule has 0 spiro atoms. The van der Waals surface area contributed by atoms with Crippen molar-refractivity contribution in [1.82, 2.24) is 0 Å². The average Bonchev–Trinajstić information content (AvgIpc) is 2.43. The van der Waals surface area contributed by atoms with Crippen LogP contribution in [0.15, 0.2) is 23.2 Å². The lowest BCUT2D eigenvalue weighted by molar-refractivity contribution is -0.0823. The number of nitrogens with one attached hydrogen (secondary N) is 1. The zero-order valence-electron chi connectivity index (χ0n) is 15.1. The number of nitrogens with zero attached hydrogens (tertiary/aromatic N) is 1. The van der Waals surface area contributed by atoms with E-state index in [-0.39, 0.29) is 11.5 Å². The van der Waals surface area contributed by atoms with Crippen LogP contribution in [0.3, 0.4) is 0 Å². The minimum Gasteiger partial charge on any atom is -0.377 e. The average molecular weight is 317 g/mol. The van der Waals surface area contributed by atoms with Gasteiger partial charge in [-0.3, -0.25) is 4.99 Å². The van der Waals surface area contributed by atoms with Gasteiger partial charge >= 0.3 is 0 Å². The highest BCUT2D eigenvalue weighted by Crippen LogP contribution is 2.34. The fourth-order valence-corrected chi connectivity index (χ4v) is 3.44. The molecule has 1 aliphatic heterocycles. The van der Waals surface area contributed by atoms with Crippen molar-refractivity contribution in [3.63, 3.8) is 0 Å². The summed E-state index contributed by atoms with van der Waals surface area (Å²) in [7, 11) is 0. The van der Waals surface area contributed by atoms with E-state index >= 15 is 0 Å². The third-order valence-electron chi connectivity index (χ3n) is 4.29. The lowest BCUT2D eigenvalue weighted by atomic mass is 9.78. The first-order valence-corrected chi connectivity index (χ1v) is 8.52. The van der Waals surface area contributed by atoms with Gasteiger partial charge in [0, 0.05) is 24.8 Å². The Hall–Kier alpha value is -1.55. The molecule has 2 atom stereocenters. The highest BCUT2D eigenvalue weighted by atomic mass is 16.5. The van der Waals surface area contributed by atoms with Crippen molar-refractivity contribution in [2.45, 2.75) is 53.6 Å². The van der Waals surface area contributed by atoms with Crippen LogP contribution in [-0.4, -0.2) is 25.2 Å². The van der Waals surface area contributed by atoms with E-state index in [1.54, 1.807) is 0 Å². The van der Waals surface area contributed by atoms with Gasteiger partial charge in [0.05, 0.1) is 6.10 Å². The Morgan fingerprint density at radius 2 is 1.91 bits per heavy atom. The molecule has 128 valence electrons. The second-order valence-electron chi connectivity index (χ2n) is 7.79. The number of aliphatic imine (C=N–C) groups is 1. The number of hydrogen-bond donors (Lipinski definition) is 2. The molecule has 1 saturated heterocycles. The molecule has 0 saturated carbocycles. The second-order valence-corrected chi connectivity index (χ2v) is 7.79. The fraction of sp³-hybridized carbons (Fsp3) is 0.632. The van der Waals surface area contributed by atoms with Crippen LogP contribution in [0.25, 0.3) is 0 Å². The fourth-order valence-electron chi connectivity index (χ4n) is 3.44. The molecule has 0 bridgehead atoms. The Morgan fingerprint density at radius 1 is 1.26 bits per heavy atom. The highest BCUT2D eigenvalue weighted by Gasteiger charge is 2.35. The monoisotopic (exact) mass is 317 g/mol. The molecule has 0 aromatic heterocycles. The summed E-state index contributed by atoms with van der Waals surface area (Å²) >= 11 is 0. The van der Waals surface area contributed by atoms with Gasteiger partial charge in [-0.2, -0.15) is 0 Å². The Kier molecular flexibility index (Phi) is 5.69. The second kappa shape index (κ2) is 7.35. The molecule has 3 N–H and O–H groups in total. The number of guanidine groups is 1. The van der Waals surface area contributed by atoms with Gasteiger partial charge in [-0.1, -0.05) is 26.8 Å². The number of nitrogens with two attached hydrogens (primary N) is 1. The molecule has 0 amide bonds. The van der Waals surface area contributed by atoms with Crippen molar-refractivity contribution in [3.05, 3.63) is 29.3 Å². The maximum atomic E-state index is 6.08. The summed E-state index contributed by atoms with van der Waals surface area (Å²) in [5, 5.41) is 3.20. The summed E-state index contributed by atoms with van der Waals surface area (Å²) in [4.78, 5) is 4.57. The molecule has 1 aromatic rings. The smallest absolute Gasteiger partial charge is 0.193 e. The van der Waals surface area contributed by atoms with Crippen LogP contribution >= 0.6 is 0 Å². The molecular weight excluding hydrogens is 286 g/mol. The van der Waals surface area contributed by atoms with Crippen molar-refractivity contribution in [2.24, 2.45) is 22.1 Å². The summed E-state index contributed by atoms with van der Waals surface area (Å²) in [5.41, 5.74) is 9.64. The van der Waals surface area contributed by atoms with Crippen LogP contribution in [0.5, 0.6) is 0 Å². The molecule has 2 rings (SSSR count). The maximum absolute atomic E-state index is 6.08. The SMILES string of the molecule is Cc1cc(C)cc(NC(N)=NCC2CCCOC2C(C)(C)C)c1. The summed E-state index contributed by atoms with van der Waals surface area (Å²) in [6.45, 7) is 12.4. The number of rotatable bonds is 3. The largest absolute Gasteiger partial charge is 0.377 e. The van der Waals surface area contributed by atoms with Gasteiger partial charge in [0.25, 0.3) is 0 Å². The van der Waals surface area contributed by atoms with Crippen molar-refractivity contribution >= 4 is 11.6 Å². The summed E-state index contributed by atoms with van der Waals surface area (Å²) in [6, 6.07) is 6.31. The zero-order valence-corrected chi connectivity index (χ0v) is 15.1. The van der Waals surface area contributed by atoms with Gasteiger partial charge < -0.3 is 15.8 Å². The third kappa shape index (κ3) is 5.24. The topological polar surface area (TPSA) is 59.6 Å². The lowest BCUT2D eigenvalue weighted by Gasteiger charge is -2.39. The molecule has 1 fully saturated rings. The normalized spacial score (nSPS) is 22.9. The van der Waals surface area contributed by atoms with E-state index in [1.807, 2.05) is 0 Å². The molecule has 1 aromatic carbocycles. The van der Waals surface area contributed by atoms with Crippen molar-refractivity contribution in [1.29, 1.82) is 0 Å². The van der Waals surface area contributed by atoms with E-state index in [2.05, 4.69) is 63.1 Å². The van der Waals surface area contributed by atoms with Gasteiger partial charge in [-0.25, -0.2) is 0 Å². The Morgan fingerprint density at radius 3 is 2.52 bits per heavy atom. The van der Waals surface area contributed by atoms with Crippen LogP contribution < -0.4 is 11.1 Å². The summed E-state index contributed by atoms with van der Waals surface area (Å²) in [6.07, 6.45) is 2.51. The van der Waals surface area contributed by atoms with Gasteiger partial charge in [-0.05, 0) is 55.4 Å². The van der Waals surface area contributed by atoms with Crippen LogP contribution in [0.1, 0.15) is 44.7 Å². The van der Waals surface area contributed by atoms with Gasteiger partial charge in [0.2, 0.25) is 0 Å². The molecule has 4 heteroatoms. The van der Waals surface area contributed by atoms with Gasteiger partial charge in [0.15, 0.2) is 5.96 Å². The van der Waals surface area contributed by atoms with E-state index in [0.717, 1.165) is 25.1 Å². The minimum atomic E-state index is 0.135.